The lowest BCUT2D eigenvalue weighted by atomic mass is 10.2. The Bertz CT molecular complexity index is 897. The van der Waals surface area contributed by atoms with E-state index in [1.165, 1.54) is 7.11 Å². The van der Waals surface area contributed by atoms with Gasteiger partial charge in [-0.1, -0.05) is 0 Å². The van der Waals surface area contributed by atoms with Gasteiger partial charge in [0, 0.05) is 11.6 Å². The van der Waals surface area contributed by atoms with Gasteiger partial charge in [-0.15, -0.1) is 0 Å². The number of benzene rings is 2. The van der Waals surface area contributed by atoms with Gasteiger partial charge in [0.1, 0.15) is 23.8 Å². The van der Waals surface area contributed by atoms with E-state index in [9.17, 15) is 14.4 Å². The fraction of sp³-hybridized carbons (Fsp3) is 0.318. The summed E-state index contributed by atoms with van der Waals surface area (Å²) < 4.78 is 20.9. The number of carbonyl (C=O) groups excluding carboxylic acids is 3. The molecule has 0 saturated heterocycles. The molecule has 2 aromatic rings. The average molecular weight is 430 g/mol. The molecule has 2 aromatic carbocycles. The Hall–Kier alpha value is -3.75. The van der Waals surface area contributed by atoms with Crippen LogP contribution in [-0.2, 0) is 14.3 Å². The average Bonchev–Trinajstić information content (AvgIpc) is 2.78. The Morgan fingerprint density at radius 1 is 0.903 bits per heavy atom. The van der Waals surface area contributed by atoms with Gasteiger partial charge < -0.3 is 29.6 Å². The third kappa shape index (κ3) is 7.54. The Balaban J connectivity index is 1.83. The van der Waals surface area contributed by atoms with E-state index in [4.69, 9.17) is 18.9 Å². The Morgan fingerprint density at radius 2 is 1.58 bits per heavy atom. The van der Waals surface area contributed by atoms with Crippen molar-refractivity contribution in [1.29, 1.82) is 0 Å². The number of nitrogens with one attached hydrogen (secondary N) is 2. The molecule has 0 aliphatic rings. The van der Waals surface area contributed by atoms with Crippen LogP contribution in [0.4, 0.5) is 5.69 Å². The zero-order valence-electron chi connectivity index (χ0n) is 17.7. The molecule has 0 aromatic heterocycles. The first-order valence-corrected chi connectivity index (χ1v) is 9.74. The maximum atomic E-state index is 12.2. The van der Waals surface area contributed by atoms with Crippen molar-refractivity contribution in [3.63, 3.8) is 0 Å². The van der Waals surface area contributed by atoms with E-state index in [2.05, 4.69) is 10.6 Å². The summed E-state index contributed by atoms with van der Waals surface area (Å²) in [5.41, 5.74) is 0.769. The summed E-state index contributed by atoms with van der Waals surface area (Å²) >= 11 is 0. The molecule has 166 valence electrons. The van der Waals surface area contributed by atoms with Gasteiger partial charge in [-0.3, -0.25) is 14.4 Å². The minimum Gasteiger partial charge on any atom is -0.497 e. The molecule has 2 rings (SSSR count). The van der Waals surface area contributed by atoms with Gasteiger partial charge in [0.25, 0.3) is 11.8 Å². The summed E-state index contributed by atoms with van der Waals surface area (Å²) in [5, 5.41) is 5.07. The fourth-order valence-electron chi connectivity index (χ4n) is 2.52. The van der Waals surface area contributed by atoms with E-state index in [0.29, 0.717) is 41.7 Å². The smallest absolute Gasteiger partial charge is 0.325 e. The fourth-order valence-corrected chi connectivity index (χ4v) is 2.52. The van der Waals surface area contributed by atoms with Crippen LogP contribution in [-0.4, -0.2) is 51.3 Å². The number of methoxy groups -OCH3 is 1. The monoisotopic (exact) mass is 430 g/mol. The number of carbonyl (C=O) groups is 3. The van der Waals surface area contributed by atoms with Gasteiger partial charge in [-0.2, -0.15) is 0 Å². The van der Waals surface area contributed by atoms with Crippen molar-refractivity contribution >= 4 is 23.5 Å². The predicted octanol–water partition coefficient (Wildman–Crippen LogP) is 2.40. The van der Waals surface area contributed by atoms with Gasteiger partial charge in [0.05, 0.1) is 26.0 Å². The van der Waals surface area contributed by atoms with Crippen LogP contribution in [0.15, 0.2) is 42.5 Å². The van der Waals surface area contributed by atoms with Gasteiger partial charge in [-0.25, -0.2) is 0 Å². The van der Waals surface area contributed by atoms with E-state index in [-0.39, 0.29) is 6.54 Å². The zero-order chi connectivity index (χ0) is 22.6. The number of hydrogen-bond donors (Lipinski definition) is 2. The third-order valence-corrected chi connectivity index (χ3v) is 3.95. The van der Waals surface area contributed by atoms with Crippen LogP contribution in [0.25, 0.3) is 0 Å². The molecular formula is C22H26N2O7. The molecule has 0 aliphatic heterocycles. The van der Waals surface area contributed by atoms with Crippen molar-refractivity contribution in [1.82, 2.24) is 5.32 Å². The van der Waals surface area contributed by atoms with Gasteiger partial charge >= 0.3 is 5.97 Å². The predicted molar refractivity (Wildman–Crippen MR) is 114 cm³/mol. The molecule has 0 atom stereocenters. The van der Waals surface area contributed by atoms with Gasteiger partial charge in [-0.05, 0) is 50.2 Å². The second kappa shape index (κ2) is 12.1. The summed E-state index contributed by atoms with van der Waals surface area (Å²) in [6.45, 7) is 3.68. The number of esters is 1. The second-order valence-electron chi connectivity index (χ2n) is 6.14. The summed E-state index contributed by atoms with van der Waals surface area (Å²) in [6, 6.07) is 11.4. The van der Waals surface area contributed by atoms with Crippen LogP contribution in [0.3, 0.4) is 0 Å². The van der Waals surface area contributed by atoms with Crippen LogP contribution in [0.5, 0.6) is 17.2 Å². The quantitative estimate of drug-likeness (QED) is 0.527. The van der Waals surface area contributed by atoms with Crippen LogP contribution in [0.1, 0.15) is 24.2 Å². The third-order valence-electron chi connectivity index (χ3n) is 3.95. The molecule has 0 radical (unpaired) electrons. The second-order valence-corrected chi connectivity index (χ2v) is 6.14. The highest BCUT2D eigenvalue weighted by Gasteiger charge is 2.13. The van der Waals surface area contributed by atoms with E-state index < -0.39 is 24.4 Å². The molecule has 9 heteroatoms. The van der Waals surface area contributed by atoms with Gasteiger partial charge in [0.15, 0.2) is 6.61 Å². The molecule has 2 amide bonds. The van der Waals surface area contributed by atoms with Crippen LogP contribution < -0.4 is 24.8 Å². The molecule has 0 fully saturated rings. The molecule has 0 unspecified atom stereocenters. The van der Waals surface area contributed by atoms with Crippen LogP contribution in [0.2, 0.25) is 0 Å². The maximum absolute atomic E-state index is 12.2. The van der Waals surface area contributed by atoms with Crippen molar-refractivity contribution in [2.45, 2.75) is 13.8 Å². The van der Waals surface area contributed by atoms with E-state index in [0.717, 1.165) is 0 Å². The minimum absolute atomic E-state index is 0.365. The summed E-state index contributed by atoms with van der Waals surface area (Å²) in [6.07, 6.45) is 0. The first-order chi connectivity index (χ1) is 15.0. The van der Waals surface area contributed by atoms with E-state index >= 15 is 0 Å². The number of ether oxygens (including phenoxy) is 4. The lowest BCUT2D eigenvalue weighted by Gasteiger charge is -2.13. The Kier molecular flexibility index (Phi) is 9.15. The van der Waals surface area contributed by atoms with Crippen LogP contribution >= 0.6 is 0 Å². The molecule has 0 bridgehead atoms. The Labute approximate surface area is 180 Å². The Morgan fingerprint density at radius 3 is 2.23 bits per heavy atom. The normalized spacial score (nSPS) is 10.0. The molecular weight excluding hydrogens is 404 g/mol. The first-order valence-electron chi connectivity index (χ1n) is 9.74. The first kappa shape index (κ1) is 23.5. The molecule has 0 heterocycles. The SMILES string of the molecule is CCOc1ccc(OCC)c(NC(=O)COC(=O)CNC(=O)c2ccc(OC)cc2)c1. The number of amides is 2. The molecule has 0 aliphatic carbocycles. The highest BCUT2D eigenvalue weighted by Crippen LogP contribution is 2.29. The van der Waals surface area contributed by atoms with Crippen molar-refractivity contribution < 1.29 is 33.3 Å². The molecule has 0 spiro atoms. The lowest BCUT2D eigenvalue weighted by Crippen LogP contribution is -2.32. The highest BCUT2D eigenvalue weighted by atomic mass is 16.5. The van der Waals surface area contributed by atoms with Crippen molar-refractivity contribution in [2.75, 3.05) is 38.8 Å². The zero-order valence-corrected chi connectivity index (χ0v) is 17.7. The lowest BCUT2D eigenvalue weighted by molar-refractivity contribution is -0.146. The van der Waals surface area contributed by atoms with Crippen molar-refractivity contribution in [2.24, 2.45) is 0 Å². The molecule has 31 heavy (non-hydrogen) atoms. The number of rotatable bonds is 11. The summed E-state index contributed by atoms with van der Waals surface area (Å²) in [7, 11) is 1.52. The molecule has 9 nitrogen and oxygen atoms in total. The number of hydrogen-bond acceptors (Lipinski definition) is 7. The summed E-state index contributed by atoms with van der Waals surface area (Å²) in [5.74, 6) is -0.0918. The molecule has 0 saturated carbocycles. The topological polar surface area (TPSA) is 112 Å². The minimum atomic E-state index is -0.745. The maximum Gasteiger partial charge on any atom is 0.325 e. The number of anilines is 1. The molecule has 2 N–H and O–H groups in total. The van der Waals surface area contributed by atoms with Crippen molar-refractivity contribution in [3.8, 4) is 17.2 Å². The summed E-state index contributed by atoms with van der Waals surface area (Å²) in [4.78, 5) is 36.1. The van der Waals surface area contributed by atoms with E-state index in [1.807, 2.05) is 13.8 Å². The van der Waals surface area contributed by atoms with Gasteiger partial charge in [0.2, 0.25) is 0 Å². The van der Waals surface area contributed by atoms with Crippen molar-refractivity contribution in [3.05, 3.63) is 48.0 Å². The van der Waals surface area contributed by atoms with E-state index in [1.54, 1.807) is 42.5 Å². The van der Waals surface area contributed by atoms with Crippen LogP contribution in [0, 0.1) is 0 Å². The largest absolute Gasteiger partial charge is 0.497 e. The standard InChI is InChI=1S/C22H26N2O7/c1-4-29-17-10-11-19(30-5-2)18(12-17)24-20(25)14-31-21(26)13-23-22(27)15-6-8-16(28-3)9-7-15/h6-12H,4-5,13-14H2,1-3H3,(H,23,27)(H,24,25). The highest BCUT2D eigenvalue weighted by molar-refractivity contribution is 5.97.